The number of ether oxygens (including phenoxy) is 2. The Morgan fingerprint density at radius 1 is 1.13 bits per heavy atom. The fraction of sp³-hybridized carbons (Fsp3) is 0.304. The van der Waals surface area contributed by atoms with Gasteiger partial charge in [0.1, 0.15) is 34.9 Å². The Morgan fingerprint density at radius 2 is 1.87 bits per heavy atom. The topological polar surface area (TPSA) is 84.5 Å². The van der Waals surface area contributed by atoms with Gasteiger partial charge in [0.15, 0.2) is 5.76 Å². The van der Waals surface area contributed by atoms with Gasteiger partial charge in [-0.25, -0.2) is 0 Å². The van der Waals surface area contributed by atoms with Gasteiger partial charge in [-0.2, -0.15) is 5.26 Å². The summed E-state index contributed by atoms with van der Waals surface area (Å²) in [5, 5.41) is 13.0. The lowest BCUT2D eigenvalue weighted by Gasteiger charge is -2.09. The maximum atomic E-state index is 12.6. The van der Waals surface area contributed by atoms with Gasteiger partial charge >= 0.3 is 0 Å². The Kier molecular flexibility index (Phi) is 6.05. The number of carbonyl (C=O) groups is 1. The molecule has 1 aliphatic rings. The summed E-state index contributed by atoms with van der Waals surface area (Å²) in [6.07, 6.45) is 4.08. The third-order valence-electron chi connectivity index (χ3n) is 4.91. The molecule has 6 nitrogen and oxygen atoms in total. The van der Waals surface area contributed by atoms with E-state index in [4.69, 9.17) is 13.9 Å². The van der Waals surface area contributed by atoms with Crippen LogP contribution < -0.4 is 14.8 Å². The molecule has 0 atom stereocenters. The molecule has 3 aromatic rings. The van der Waals surface area contributed by atoms with Crippen LogP contribution in [0.1, 0.15) is 52.1 Å². The highest BCUT2D eigenvalue weighted by Crippen LogP contribution is 2.37. The Bertz CT molecular complexity index is 1080. The van der Waals surface area contributed by atoms with Crippen molar-refractivity contribution in [3.8, 4) is 17.6 Å². The fourth-order valence-corrected chi connectivity index (χ4v) is 4.70. The normalized spacial score (nSPS) is 12.7. The minimum Gasteiger partial charge on any atom is -0.494 e. The van der Waals surface area contributed by atoms with Crippen molar-refractivity contribution < 1.29 is 18.7 Å². The van der Waals surface area contributed by atoms with Gasteiger partial charge in [0.2, 0.25) is 0 Å². The number of amides is 1. The van der Waals surface area contributed by atoms with Gasteiger partial charge in [-0.3, -0.25) is 4.79 Å². The maximum Gasteiger partial charge on any atom is 0.292 e. The zero-order valence-electron chi connectivity index (χ0n) is 16.7. The van der Waals surface area contributed by atoms with Crippen molar-refractivity contribution in [2.24, 2.45) is 0 Å². The summed E-state index contributed by atoms with van der Waals surface area (Å²) >= 11 is 1.50. The van der Waals surface area contributed by atoms with Crippen LogP contribution >= 0.6 is 11.3 Å². The Balaban J connectivity index is 1.38. The van der Waals surface area contributed by atoms with Crippen LogP contribution in [0.4, 0.5) is 5.00 Å². The zero-order chi connectivity index (χ0) is 20.9. The lowest BCUT2D eigenvalue weighted by atomic mass is 9.96. The standard InChI is InChI=1S/C23H22N2O4S/c1-2-27-15-7-9-16(10-8-15)28-14-17-11-12-20(29-17)22(26)25-23-19(13-24)18-5-3-4-6-21(18)30-23/h7-12H,2-6,14H2,1H3,(H,25,26). The van der Waals surface area contributed by atoms with Gasteiger partial charge in [0.05, 0.1) is 12.2 Å². The number of thiophene rings is 1. The Labute approximate surface area is 179 Å². The number of benzene rings is 1. The van der Waals surface area contributed by atoms with E-state index in [2.05, 4.69) is 11.4 Å². The molecule has 2 aromatic heterocycles. The molecule has 2 heterocycles. The number of hydrogen-bond acceptors (Lipinski definition) is 6. The quantitative estimate of drug-likeness (QED) is 0.557. The molecule has 1 aromatic carbocycles. The molecule has 0 unspecified atom stereocenters. The van der Waals surface area contributed by atoms with E-state index in [1.165, 1.54) is 16.2 Å². The molecular formula is C23H22N2O4S. The van der Waals surface area contributed by atoms with E-state index in [0.717, 1.165) is 37.0 Å². The van der Waals surface area contributed by atoms with Gasteiger partial charge in [0.25, 0.3) is 5.91 Å². The first-order valence-corrected chi connectivity index (χ1v) is 10.8. The number of nitriles is 1. The largest absolute Gasteiger partial charge is 0.494 e. The molecule has 30 heavy (non-hydrogen) atoms. The van der Waals surface area contributed by atoms with E-state index in [9.17, 15) is 10.1 Å². The van der Waals surface area contributed by atoms with Crippen LogP contribution in [-0.4, -0.2) is 12.5 Å². The number of hydrogen-bond donors (Lipinski definition) is 1. The molecule has 0 fully saturated rings. The first-order valence-electron chi connectivity index (χ1n) is 9.98. The highest BCUT2D eigenvalue weighted by atomic mass is 32.1. The van der Waals surface area contributed by atoms with Gasteiger partial charge in [0, 0.05) is 4.88 Å². The second kappa shape index (κ2) is 9.06. The Hall–Kier alpha value is -3.24. The molecule has 4 rings (SSSR count). The van der Waals surface area contributed by atoms with Gasteiger partial charge in [-0.1, -0.05) is 0 Å². The molecule has 1 amide bonds. The summed E-state index contributed by atoms with van der Waals surface area (Å²) in [6, 6.07) is 12.9. The lowest BCUT2D eigenvalue weighted by Crippen LogP contribution is -2.11. The summed E-state index contributed by atoms with van der Waals surface area (Å²) in [5.74, 6) is 1.84. The molecule has 0 spiro atoms. The summed E-state index contributed by atoms with van der Waals surface area (Å²) in [5.41, 5.74) is 1.68. The van der Waals surface area contributed by atoms with Crippen molar-refractivity contribution in [3.63, 3.8) is 0 Å². The second-order valence-corrected chi connectivity index (χ2v) is 8.05. The smallest absolute Gasteiger partial charge is 0.292 e. The molecule has 0 bridgehead atoms. The number of rotatable bonds is 7. The minimum atomic E-state index is -0.364. The monoisotopic (exact) mass is 422 g/mol. The molecule has 0 radical (unpaired) electrons. The van der Waals surface area contributed by atoms with Crippen LogP contribution in [-0.2, 0) is 19.4 Å². The number of furan rings is 1. The van der Waals surface area contributed by atoms with Crippen molar-refractivity contribution in [2.45, 2.75) is 39.2 Å². The summed E-state index contributed by atoms with van der Waals surface area (Å²) in [7, 11) is 0. The highest BCUT2D eigenvalue weighted by Gasteiger charge is 2.23. The van der Waals surface area contributed by atoms with Crippen molar-refractivity contribution in [1.29, 1.82) is 5.26 Å². The third kappa shape index (κ3) is 4.34. The van der Waals surface area contributed by atoms with Crippen LogP contribution in [0.3, 0.4) is 0 Å². The van der Waals surface area contributed by atoms with Crippen molar-refractivity contribution in [3.05, 3.63) is 63.9 Å². The van der Waals surface area contributed by atoms with E-state index in [1.54, 1.807) is 12.1 Å². The van der Waals surface area contributed by atoms with Crippen molar-refractivity contribution in [2.75, 3.05) is 11.9 Å². The van der Waals surface area contributed by atoms with E-state index >= 15 is 0 Å². The number of anilines is 1. The van der Waals surface area contributed by atoms with Gasteiger partial charge in [-0.15, -0.1) is 11.3 Å². The number of fused-ring (bicyclic) bond motifs is 1. The summed E-state index contributed by atoms with van der Waals surface area (Å²) in [4.78, 5) is 13.8. The SMILES string of the molecule is CCOc1ccc(OCc2ccc(C(=O)Nc3sc4c(c3C#N)CCCC4)o2)cc1. The molecule has 154 valence electrons. The predicted molar refractivity (Wildman–Crippen MR) is 114 cm³/mol. The fourth-order valence-electron chi connectivity index (χ4n) is 3.47. The van der Waals surface area contributed by atoms with E-state index in [-0.39, 0.29) is 18.3 Å². The van der Waals surface area contributed by atoms with Crippen molar-refractivity contribution in [1.82, 2.24) is 0 Å². The molecule has 0 aliphatic heterocycles. The molecule has 1 aliphatic carbocycles. The van der Waals surface area contributed by atoms with Crippen LogP contribution in [0, 0.1) is 11.3 Å². The first-order chi connectivity index (χ1) is 14.7. The molecule has 0 saturated heterocycles. The first kappa shape index (κ1) is 20.0. The molecule has 1 N–H and O–H groups in total. The van der Waals surface area contributed by atoms with E-state index in [0.29, 0.717) is 28.7 Å². The van der Waals surface area contributed by atoms with Crippen LogP contribution in [0.15, 0.2) is 40.8 Å². The van der Waals surface area contributed by atoms with Gasteiger partial charge < -0.3 is 19.2 Å². The van der Waals surface area contributed by atoms with Crippen LogP contribution in [0.5, 0.6) is 11.5 Å². The molecular weight excluding hydrogens is 400 g/mol. The van der Waals surface area contributed by atoms with Gasteiger partial charge in [-0.05, 0) is 74.6 Å². The lowest BCUT2D eigenvalue weighted by molar-refractivity contribution is 0.0993. The number of aryl methyl sites for hydroxylation is 1. The van der Waals surface area contributed by atoms with Crippen LogP contribution in [0.25, 0.3) is 0 Å². The summed E-state index contributed by atoms with van der Waals surface area (Å²) < 4.78 is 16.8. The molecule has 7 heteroatoms. The minimum absolute atomic E-state index is 0.190. The molecule has 0 saturated carbocycles. The summed E-state index contributed by atoms with van der Waals surface area (Å²) in [6.45, 7) is 2.75. The number of carbonyl (C=O) groups excluding carboxylic acids is 1. The second-order valence-electron chi connectivity index (χ2n) is 6.94. The average molecular weight is 423 g/mol. The zero-order valence-corrected chi connectivity index (χ0v) is 17.5. The predicted octanol–water partition coefficient (Wildman–Crippen LogP) is 5.32. The van der Waals surface area contributed by atoms with Crippen molar-refractivity contribution >= 4 is 22.2 Å². The Morgan fingerprint density at radius 3 is 2.60 bits per heavy atom. The maximum absolute atomic E-state index is 12.6. The number of nitrogens with zero attached hydrogens (tertiary/aromatic N) is 1. The van der Waals surface area contributed by atoms with E-state index in [1.807, 2.05) is 31.2 Å². The highest BCUT2D eigenvalue weighted by molar-refractivity contribution is 7.16. The number of nitrogens with one attached hydrogen (secondary N) is 1. The average Bonchev–Trinajstić information content (AvgIpc) is 3.37. The van der Waals surface area contributed by atoms with Crippen LogP contribution in [0.2, 0.25) is 0 Å². The van der Waals surface area contributed by atoms with E-state index < -0.39 is 0 Å². The third-order valence-corrected chi connectivity index (χ3v) is 6.12.